The van der Waals surface area contributed by atoms with Crippen molar-refractivity contribution in [2.75, 3.05) is 24.6 Å². The van der Waals surface area contributed by atoms with E-state index < -0.39 is 14.7 Å². The second-order valence-electron chi connectivity index (χ2n) is 5.94. The van der Waals surface area contributed by atoms with E-state index in [1.54, 1.807) is 0 Å². The molecule has 0 aliphatic carbocycles. The van der Waals surface area contributed by atoms with Crippen LogP contribution in [0.25, 0.3) is 0 Å². The molecule has 0 saturated carbocycles. The maximum absolute atomic E-state index is 11.2. The van der Waals surface area contributed by atoms with Crippen LogP contribution in [-0.4, -0.2) is 24.6 Å². The molecule has 0 aromatic heterocycles. The predicted octanol–water partition coefficient (Wildman–Crippen LogP) is 4.45. The number of rotatable bonds is 12. The summed E-state index contributed by atoms with van der Waals surface area (Å²) in [5, 5.41) is 0. The standard InChI is InChI=1S/2C8H19O2P.Co/c2*1-3-5-7-11(9,10)8-6-4-2;/h2*3-8H2,1-2H3,(H,9,10);/q;;+2/p-2. The summed E-state index contributed by atoms with van der Waals surface area (Å²) in [5.74, 6) is 0. The first-order valence-corrected chi connectivity index (χ1v) is 12.8. The smallest absolute Gasteiger partial charge is 0.799 e. The molecule has 0 aliphatic heterocycles. The van der Waals surface area contributed by atoms with Gasteiger partial charge in [0.1, 0.15) is 0 Å². The van der Waals surface area contributed by atoms with Gasteiger partial charge in [-0.05, 0) is 50.3 Å². The van der Waals surface area contributed by atoms with Crippen LogP contribution in [0.1, 0.15) is 79.1 Å². The molecule has 0 atom stereocenters. The van der Waals surface area contributed by atoms with Gasteiger partial charge in [0.2, 0.25) is 0 Å². The number of unbranched alkanes of at least 4 members (excludes halogenated alkanes) is 4. The molecular formula is C16H36CoO4P2. The Hall–Kier alpha value is 0.886. The summed E-state index contributed by atoms with van der Waals surface area (Å²) in [7, 11) is -5.95. The van der Waals surface area contributed by atoms with E-state index in [1.807, 2.05) is 27.7 Å². The maximum atomic E-state index is 11.2. The molecule has 0 aromatic rings. The summed E-state index contributed by atoms with van der Waals surface area (Å²) >= 11 is 0. The van der Waals surface area contributed by atoms with Crippen molar-refractivity contribution >= 4 is 14.7 Å². The monoisotopic (exact) mass is 413 g/mol. The summed E-state index contributed by atoms with van der Waals surface area (Å²) < 4.78 is 22.4. The van der Waals surface area contributed by atoms with Crippen molar-refractivity contribution in [3.05, 3.63) is 0 Å². The molecule has 0 amide bonds. The Bertz CT molecular complexity index is 282. The maximum Gasteiger partial charge on any atom is 2.00 e. The molecule has 143 valence electrons. The molecule has 7 heteroatoms. The zero-order chi connectivity index (χ0) is 17.5. The third-order valence-electron chi connectivity index (χ3n) is 3.41. The fraction of sp³-hybridized carbons (Fsp3) is 1.00. The zero-order valence-electron chi connectivity index (χ0n) is 15.3. The van der Waals surface area contributed by atoms with Crippen molar-refractivity contribution in [3.8, 4) is 0 Å². The van der Waals surface area contributed by atoms with Gasteiger partial charge in [-0.15, -0.1) is 0 Å². The first kappa shape index (κ1) is 28.7. The van der Waals surface area contributed by atoms with Gasteiger partial charge < -0.3 is 18.9 Å². The van der Waals surface area contributed by atoms with Crippen LogP contribution >= 0.6 is 14.7 Å². The van der Waals surface area contributed by atoms with Crippen molar-refractivity contribution in [2.45, 2.75) is 79.1 Å². The Morgan fingerprint density at radius 3 is 0.870 bits per heavy atom. The van der Waals surface area contributed by atoms with Crippen LogP contribution in [0.3, 0.4) is 0 Å². The minimum Gasteiger partial charge on any atom is -0.799 e. The van der Waals surface area contributed by atoms with Crippen LogP contribution < -0.4 is 9.79 Å². The number of hydrogen-bond acceptors (Lipinski definition) is 4. The first-order valence-electron chi connectivity index (χ1n) is 8.82. The molecule has 0 aliphatic rings. The Labute approximate surface area is 154 Å². The fourth-order valence-corrected chi connectivity index (χ4v) is 5.46. The predicted molar refractivity (Wildman–Crippen MR) is 94.3 cm³/mol. The Morgan fingerprint density at radius 2 is 0.739 bits per heavy atom. The van der Waals surface area contributed by atoms with E-state index in [9.17, 15) is 18.9 Å². The van der Waals surface area contributed by atoms with Crippen LogP contribution in [0, 0.1) is 0 Å². The molecule has 0 fully saturated rings. The van der Waals surface area contributed by atoms with Gasteiger partial charge in [-0.1, -0.05) is 53.4 Å². The van der Waals surface area contributed by atoms with Crippen LogP contribution in [0.4, 0.5) is 0 Å². The molecule has 23 heavy (non-hydrogen) atoms. The molecular weight excluding hydrogens is 377 g/mol. The van der Waals surface area contributed by atoms with Gasteiger partial charge in [-0.3, -0.25) is 0 Å². The average molecular weight is 413 g/mol. The van der Waals surface area contributed by atoms with E-state index in [-0.39, 0.29) is 16.8 Å². The molecule has 0 rings (SSSR count). The fourth-order valence-electron chi connectivity index (χ4n) is 1.82. The van der Waals surface area contributed by atoms with Crippen LogP contribution in [0.2, 0.25) is 0 Å². The van der Waals surface area contributed by atoms with Crippen LogP contribution in [-0.2, 0) is 25.9 Å². The van der Waals surface area contributed by atoms with E-state index in [0.29, 0.717) is 24.6 Å². The average Bonchev–Trinajstić information content (AvgIpc) is 2.48. The third kappa shape index (κ3) is 22.9. The second-order valence-corrected chi connectivity index (χ2v) is 11.0. The molecule has 0 bridgehead atoms. The largest absolute Gasteiger partial charge is 2.00 e. The SMILES string of the molecule is CCCCP(=O)([O-])CCCC.CCCCP(=O)([O-])CCCC.[Co+2]. The van der Waals surface area contributed by atoms with Crippen molar-refractivity contribution in [2.24, 2.45) is 0 Å². The number of hydrogen-bond donors (Lipinski definition) is 0. The van der Waals surface area contributed by atoms with Gasteiger partial charge >= 0.3 is 16.8 Å². The van der Waals surface area contributed by atoms with E-state index in [0.717, 1.165) is 51.4 Å². The normalized spacial score (nSPS) is 11.4. The minimum absolute atomic E-state index is 0. The van der Waals surface area contributed by atoms with Gasteiger partial charge in [-0.2, -0.15) is 0 Å². The van der Waals surface area contributed by atoms with E-state index in [2.05, 4.69) is 0 Å². The van der Waals surface area contributed by atoms with Crippen LogP contribution in [0.5, 0.6) is 0 Å². The van der Waals surface area contributed by atoms with E-state index in [1.165, 1.54) is 0 Å². The van der Waals surface area contributed by atoms with Gasteiger partial charge in [-0.25, -0.2) is 0 Å². The zero-order valence-corrected chi connectivity index (χ0v) is 18.2. The minimum atomic E-state index is -2.98. The molecule has 0 N–H and O–H groups in total. The summed E-state index contributed by atoms with van der Waals surface area (Å²) in [5.41, 5.74) is 0. The van der Waals surface area contributed by atoms with Gasteiger partial charge in [0.15, 0.2) is 0 Å². The van der Waals surface area contributed by atoms with Crippen molar-refractivity contribution in [1.29, 1.82) is 0 Å². The molecule has 0 aromatic carbocycles. The molecule has 1 radical (unpaired) electrons. The Kier molecular flexibility index (Phi) is 22.1. The van der Waals surface area contributed by atoms with E-state index in [4.69, 9.17) is 0 Å². The molecule has 0 heterocycles. The Morgan fingerprint density at radius 1 is 0.565 bits per heavy atom. The molecule has 0 spiro atoms. The third-order valence-corrected chi connectivity index (χ3v) is 7.40. The van der Waals surface area contributed by atoms with Crippen molar-refractivity contribution in [1.82, 2.24) is 0 Å². The first-order chi connectivity index (χ1) is 10.2. The van der Waals surface area contributed by atoms with Gasteiger partial charge in [0.25, 0.3) is 0 Å². The van der Waals surface area contributed by atoms with Gasteiger partial charge in [0, 0.05) is 14.7 Å². The summed E-state index contributed by atoms with van der Waals surface area (Å²) in [6.45, 7) is 8.05. The van der Waals surface area contributed by atoms with Crippen molar-refractivity contribution < 1.29 is 35.7 Å². The quantitative estimate of drug-likeness (QED) is 0.443. The topological polar surface area (TPSA) is 80.3 Å². The molecule has 0 saturated heterocycles. The van der Waals surface area contributed by atoms with Crippen molar-refractivity contribution in [3.63, 3.8) is 0 Å². The summed E-state index contributed by atoms with van der Waals surface area (Å²) in [6, 6.07) is 0. The molecule has 4 nitrogen and oxygen atoms in total. The summed E-state index contributed by atoms with van der Waals surface area (Å²) in [6.07, 6.45) is 8.80. The second kappa shape index (κ2) is 17.7. The van der Waals surface area contributed by atoms with Crippen LogP contribution in [0.15, 0.2) is 0 Å². The molecule has 0 unspecified atom stereocenters. The Balaban J connectivity index is -0.000000333. The summed E-state index contributed by atoms with van der Waals surface area (Å²) in [4.78, 5) is 22.4. The van der Waals surface area contributed by atoms with Gasteiger partial charge in [0.05, 0.1) is 0 Å². The van der Waals surface area contributed by atoms with E-state index >= 15 is 0 Å².